The monoisotopic (exact) mass is 160 g/mol. The summed E-state index contributed by atoms with van der Waals surface area (Å²) in [4.78, 5) is 2.14. The maximum Gasteiger partial charge on any atom is 0.0595 e. The predicted molar refractivity (Wildman–Crippen MR) is 47.4 cm³/mol. The van der Waals surface area contributed by atoms with Crippen LogP contribution < -0.4 is 5.73 Å². The Morgan fingerprint density at radius 3 is 2.27 bits per heavy atom. The molecular weight excluding hydrogens is 140 g/mol. The van der Waals surface area contributed by atoms with Gasteiger partial charge in [-0.1, -0.05) is 13.8 Å². The van der Waals surface area contributed by atoms with Gasteiger partial charge in [0.25, 0.3) is 0 Å². The molecule has 0 aromatic heterocycles. The number of nitrogens with zero attached hydrogens (tertiary/aromatic N) is 1. The molecule has 0 heterocycles. The van der Waals surface area contributed by atoms with E-state index in [1.165, 1.54) is 0 Å². The van der Waals surface area contributed by atoms with Crippen LogP contribution in [0.5, 0.6) is 0 Å². The van der Waals surface area contributed by atoms with Gasteiger partial charge in [0.05, 0.1) is 6.61 Å². The highest BCUT2D eigenvalue weighted by Crippen LogP contribution is 1.95. The van der Waals surface area contributed by atoms with Crippen LogP contribution >= 0.6 is 0 Å². The van der Waals surface area contributed by atoms with E-state index in [1.54, 1.807) is 0 Å². The second-order valence-corrected chi connectivity index (χ2v) is 3.56. The van der Waals surface area contributed by atoms with Crippen LogP contribution in [0.25, 0.3) is 0 Å². The highest BCUT2D eigenvalue weighted by atomic mass is 16.3. The summed E-state index contributed by atoms with van der Waals surface area (Å²) in [6.07, 6.45) is 0. The SMILES string of the molecule is CC(C)CN(C)CC(N)CO. The largest absolute Gasteiger partial charge is 0.395 e. The third-order valence-electron chi connectivity index (χ3n) is 1.46. The second-order valence-electron chi connectivity index (χ2n) is 3.56. The van der Waals surface area contributed by atoms with Gasteiger partial charge >= 0.3 is 0 Å². The molecule has 0 aliphatic rings. The Hall–Kier alpha value is -0.120. The third kappa shape index (κ3) is 6.28. The maximum absolute atomic E-state index is 8.67. The van der Waals surface area contributed by atoms with Crippen LogP contribution in [0.4, 0.5) is 0 Å². The zero-order valence-electron chi connectivity index (χ0n) is 7.75. The van der Waals surface area contributed by atoms with Gasteiger partial charge in [0.15, 0.2) is 0 Å². The van der Waals surface area contributed by atoms with Crippen LogP contribution in [-0.4, -0.2) is 42.8 Å². The Bertz CT molecular complexity index is 96.1. The predicted octanol–water partition coefficient (Wildman–Crippen LogP) is -0.106. The van der Waals surface area contributed by atoms with Gasteiger partial charge < -0.3 is 15.7 Å². The van der Waals surface area contributed by atoms with E-state index in [0.29, 0.717) is 5.92 Å². The van der Waals surface area contributed by atoms with Crippen molar-refractivity contribution in [3.8, 4) is 0 Å². The van der Waals surface area contributed by atoms with Crippen LogP contribution in [0.3, 0.4) is 0 Å². The minimum absolute atomic E-state index is 0.0719. The number of nitrogens with two attached hydrogens (primary N) is 1. The molecule has 1 unspecified atom stereocenters. The molecule has 68 valence electrons. The molecule has 3 heteroatoms. The Balaban J connectivity index is 3.43. The standard InChI is InChI=1S/C8H20N2O/c1-7(2)4-10(3)5-8(9)6-11/h7-8,11H,4-6,9H2,1-3H3. The van der Waals surface area contributed by atoms with Gasteiger partial charge in [-0.3, -0.25) is 0 Å². The van der Waals surface area contributed by atoms with Gasteiger partial charge in [0.1, 0.15) is 0 Å². The molecular formula is C8H20N2O. The molecule has 0 aromatic carbocycles. The van der Waals surface area contributed by atoms with Crippen molar-refractivity contribution in [2.24, 2.45) is 11.7 Å². The summed E-state index contributed by atoms with van der Waals surface area (Å²) in [5, 5.41) is 8.67. The van der Waals surface area contributed by atoms with Gasteiger partial charge in [-0.15, -0.1) is 0 Å². The summed E-state index contributed by atoms with van der Waals surface area (Å²) in [6, 6.07) is -0.0984. The molecule has 0 fully saturated rings. The van der Waals surface area contributed by atoms with Crippen molar-refractivity contribution >= 4 is 0 Å². The summed E-state index contributed by atoms with van der Waals surface area (Å²) in [5.74, 6) is 0.658. The summed E-state index contributed by atoms with van der Waals surface area (Å²) < 4.78 is 0. The number of aliphatic hydroxyl groups excluding tert-OH is 1. The molecule has 0 amide bonds. The quantitative estimate of drug-likeness (QED) is 0.590. The van der Waals surface area contributed by atoms with E-state index in [4.69, 9.17) is 10.8 Å². The van der Waals surface area contributed by atoms with Gasteiger partial charge in [0.2, 0.25) is 0 Å². The highest BCUT2D eigenvalue weighted by Gasteiger charge is 2.06. The lowest BCUT2D eigenvalue weighted by atomic mass is 10.2. The Labute approximate surface area is 69.2 Å². The summed E-state index contributed by atoms with van der Waals surface area (Å²) in [5.41, 5.74) is 5.56. The molecule has 0 saturated heterocycles. The molecule has 0 aliphatic carbocycles. The highest BCUT2D eigenvalue weighted by molar-refractivity contribution is 4.64. The molecule has 0 radical (unpaired) electrons. The maximum atomic E-state index is 8.67. The lowest BCUT2D eigenvalue weighted by molar-refractivity contribution is 0.212. The first kappa shape index (κ1) is 10.9. The molecule has 0 bridgehead atoms. The molecule has 0 spiro atoms. The zero-order chi connectivity index (χ0) is 8.85. The lowest BCUT2D eigenvalue weighted by Gasteiger charge is -2.21. The van der Waals surface area contributed by atoms with Crippen molar-refractivity contribution in [3.05, 3.63) is 0 Å². The molecule has 0 aromatic rings. The first-order valence-corrected chi connectivity index (χ1v) is 4.11. The van der Waals surface area contributed by atoms with Crippen molar-refractivity contribution in [1.29, 1.82) is 0 Å². The van der Waals surface area contributed by atoms with Crippen LogP contribution in [0, 0.1) is 5.92 Å². The van der Waals surface area contributed by atoms with E-state index in [9.17, 15) is 0 Å². The molecule has 1 atom stereocenters. The molecule has 0 aliphatic heterocycles. The van der Waals surface area contributed by atoms with E-state index in [1.807, 2.05) is 7.05 Å². The summed E-state index contributed by atoms with van der Waals surface area (Å²) >= 11 is 0. The van der Waals surface area contributed by atoms with E-state index in [-0.39, 0.29) is 12.6 Å². The molecule has 11 heavy (non-hydrogen) atoms. The third-order valence-corrected chi connectivity index (χ3v) is 1.46. The van der Waals surface area contributed by atoms with Crippen molar-refractivity contribution in [2.45, 2.75) is 19.9 Å². The van der Waals surface area contributed by atoms with Crippen LogP contribution in [0.2, 0.25) is 0 Å². The summed E-state index contributed by atoms with van der Waals surface area (Å²) in [7, 11) is 2.02. The van der Waals surface area contributed by atoms with Gasteiger partial charge in [-0.2, -0.15) is 0 Å². The van der Waals surface area contributed by atoms with Crippen molar-refractivity contribution < 1.29 is 5.11 Å². The first-order valence-electron chi connectivity index (χ1n) is 4.11. The Morgan fingerprint density at radius 2 is 1.91 bits per heavy atom. The molecule has 0 rings (SSSR count). The molecule has 3 nitrogen and oxygen atoms in total. The Morgan fingerprint density at radius 1 is 1.36 bits per heavy atom. The van der Waals surface area contributed by atoms with Crippen LogP contribution in [-0.2, 0) is 0 Å². The Kier molecular flexibility index (Phi) is 5.46. The molecule has 0 saturated carbocycles. The number of likely N-dealkylation sites (N-methyl/N-ethyl adjacent to an activating group) is 1. The number of hydrogen-bond donors (Lipinski definition) is 2. The number of rotatable bonds is 5. The fraction of sp³-hybridized carbons (Fsp3) is 1.00. The minimum Gasteiger partial charge on any atom is -0.395 e. The second kappa shape index (κ2) is 5.52. The van der Waals surface area contributed by atoms with Crippen molar-refractivity contribution in [3.63, 3.8) is 0 Å². The minimum atomic E-state index is -0.0984. The fourth-order valence-electron chi connectivity index (χ4n) is 1.16. The number of aliphatic hydroxyl groups is 1. The smallest absolute Gasteiger partial charge is 0.0595 e. The first-order chi connectivity index (χ1) is 5.06. The fourth-order valence-corrected chi connectivity index (χ4v) is 1.16. The average molecular weight is 160 g/mol. The number of hydrogen-bond acceptors (Lipinski definition) is 3. The van der Waals surface area contributed by atoms with E-state index in [2.05, 4.69) is 18.7 Å². The van der Waals surface area contributed by atoms with Gasteiger partial charge in [-0.25, -0.2) is 0 Å². The van der Waals surface area contributed by atoms with Crippen molar-refractivity contribution in [2.75, 3.05) is 26.7 Å². The van der Waals surface area contributed by atoms with Gasteiger partial charge in [-0.05, 0) is 13.0 Å². The molecule has 3 N–H and O–H groups in total. The lowest BCUT2D eigenvalue weighted by Crippen LogP contribution is -2.39. The normalized spacial score (nSPS) is 14.5. The summed E-state index contributed by atoms with van der Waals surface area (Å²) in [6.45, 7) is 6.22. The zero-order valence-corrected chi connectivity index (χ0v) is 7.75. The van der Waals surface area contributed by atoms with Crippen LogP contribution in [0.15, 0.2) is 0 Å². The topological polar surface area (TPSA) is 49.5 Å². The van der Waals surface area contributed by atoms with Gasteiger partial charge in [0, 0.05) is 19.1 Å². The van der Waals surface area contributed by atoms with E-state index >= 15 is 0 Å². The van der Waals surface area contributed by atoms with E-state index < -0.39 is 0 Å². The van der Waals surface area contributed by atoms with E-state index in [0.717, 1.165) is 13.1 Å². The van der Waals surface area contributed by atoms with Crippen molar-refractivity contribution in [1.82, 2.24) is 4.90 Å². The average Bonchev–Trinajstić information content (AvgIpc) is 1.85. The van der Waals surface area contributed by atoms with Crippen LogP contribution in [0.1, 0.15) is 13.8 Å².